The number of anilines is 1. The summed E-state index contributed by atoms with van der Waals surface area (Å²) in [5.74, 6) is 0.709. The highest BCUT2D eigenvalue weighted by Crippen LogP contribution is 2.26. The molecule has 0 radical (unpaired) electrons. The topological polar surface area (TPSA) is 45.2 Å². The maximum Gasteiger partial charge on any atom is 0.239 e. The summed E-state index contributed by atoms with van der Waals surface area (Å²) in [5, 5.41) is 3.33. The SMILES string of the molecule is CCNC(=O)CN(CC)c1ncc(Cl)cc1Br. The molecule has 0 bridgehead atoms. The van der Waals surface area contributed by atoms with Gasteiger partial charge in [-0.15, -0.1) is 0 Å². The number of nitrogens with one attached hydrogen (secondary N) is 1. The number of rotatable bonds is 5. The number of hydrogen-bond acceptors (Lipinski definition) is 3. The zero-order valence-corrected chi connectivity index (χ0v) is 12.2. The van der Waals surface area contributed by atoms with E-state index >= 15 is 0 Å². The number of pyridine rings is 1. The predicted molar refractivity (Wildman–Crippen MR) is 73.5 cm³/mol. The van der Waals surface area contributed by atoms with Crippen LogP contribution in [0.25, 0.3) is 0 Å². The number of nitrogens with zero attached hydrogens (tertiary/aromatic N) is 2. The van der Waals surface area contributed by atoms with Crippen LogP contribution in [0.15, 0.2) is 16.7 Å². The van der Waals surface area contributed by atoms with Crippen molar-refractivity contribution in [3.8, 4) is 0 Å². The Morgan fingerprint density at radius 2 is 2.29 bits per heavy atom. The van der Waals surface area contributed by atoms with Crippen LogP contribution in [0.4, 0.5) is 5.82 Å². The highest BCUT2D eigenvalue weighted by Gasteiger charge is 2.13. The van der Waals surface area contributed by atoms with E-state index in [-0.39, 0.29) is 12.5 Å². The molecule has 0 spiro atoms. The molecule has 1 rings (SSSR count). The van der Waals surface area contributed by atoms with Crippen molar-refractivity contribution in [3.05, 3.63) is 21.8 Å². The van der Waals surface area contributed by atoms with Gasteiger partial charge in [0.2, 0.25) is 5.91 Å². The number of carbonyl (C=O) groups is 1. The Kier molecular flexibility index (Phi) is 5.71. The van der Waals surface area contributed by atoms with E-state index in [9.17, 15) is 4.79 Å². The molecule has 1 heterocycles. The summed E-state index contributed by atoms with van der Waals surface area (Å²) in [4.78, 5) is 17.7. The zero-order valence-electron chi connectivity index (χ0n) is 9.83. The highest BCUT2D eigenvalue weighted by molar-refractivity contribution is 9.10. The Morgan fingerprint density at radius 1 is 1.59 bits per heavy atom. The molecule has 0 unspecified atom stereocenters. The molecule has 0 saturated heterocycles. The summed E-state index contributed by atoms with van der Waals surface area (Å²) >= 11 is 9.23. The van der Waals surface area contributed by atoms with Crippen molar-refractivity contribution in [2.24, 2.45) is 0 Å². The normalized spacial score (nSPS) is 10.1. The molecule has 0 saturated carbocycles. The molecule has 0 aliphatic carbocycles. The standard InChI is InChI=1S/C11H15BrClN3O/c1-3-14-10(17)7-16(4-2)11-9(12)5-8(13)6-15-11/h5-6H,3-4,7H2,1-2H3,(H,14,17). The molecule has 1 aromatic rings. The summed E-state index contributed by atoms with van der Waals surface area (Å²) in [6.07, 6.45) is 1.57. The van der Waals surface area contributed by atoms with Gasteiger partial charge in [0.15, 0.2) is 0 Å². The summed E-state index contributed by atoms with van der Waals surface area (Å²) in [5.41, 5.74) is 0. The summed E-state index contributed by atoms with van der Waals surface area (Å²) in [6, 6.07) is 1.77. The van der Waals surface area contributed by atoms with Gasteiger partial charge in [0.05, 0.1) is 16.0 Å². The highest BCUT2D eigenvalue weighted by atomic mass is 79.9. The molecule has 1 aromatic heterocycles. The third kappa shape index (κ3) is 4.16. The first-order chi connectivity index (χ1) is 8.08. The van der Waals surface area contributed by atoms with Crippen LogP contribution in [-0.4, -0.2) is 30.5 Å². The summed E-state index contributed by atoms with van der Waals surface area (Å²) in [7, 11) is 0. The van der Waals surface area contributed by atoms with Gasteiger partial charge in [-0.25, -0.2) is 4.98 Å². The van der Waals surface area contributed by atoms with E-state index in [1.807, 2.05) is 18.7 Å². The fourth-order valence-corrected chi connectivity index (χ4v) is 2.29. The first-order valence-electron chi connectivity index (χ1n) is 5.41. The van der Waals surface area contributed by atoms with E-state index in [1.165, 1.54) is 0 Å². The van der Waals surface area contributed by atoms with Gasteiger partial charge in [0, 0.05) is 19.3 Å². The fourth-order valence-electron chi connectivity index (χ4n) is 1.40. The number of likely N-dealkylation sites (N-methyl/N-ethyl adjacent to an activating group) is 2. The van der Waals surface area contributed by atoms with E-state index < -0.39 is 0 Å². The van der Waals surface area contributed by atoms with Gasteiger partial charge in [-0.2, -0.15) is 0 Å². The average Bonchev–Trinajstić information content (AvgIpc) is 2.27. The van der Waals surface area contributed by atoms with E-state index in [0.29, 0.717) is 18.1 Å². The Labute approximate surface area is 114 Å². The molecule has 94 valence electrons. The molecular weight excluding hydrogens is 305 g/mol. The van der Waals surface area contributed by atoms with Gasteiger partial charge in [-0.05, 0) is 35.8 Å². The minimum absolute atomic E-state index is 0.0157. The number of hydrogen-bond donors (Lipinski definition) is 1. The van der Waals surface area contributed by atoms with Crippen LogP contribution in [0.1, 0.15) is 13.8 Å². The third-order valence-corrected chi connectivity index (χ3v) is 2.97. The maximum atomic E-state index is 11.5. The lowest BCUT2D eigenvalue weighted by atomic mass is 10.4. The van der Waals surface area contributed by atoms with Gasteiger partial charge in [-0.3, -0.25) is 4.79 Å². The molecule has 4 nitrogen and oxygen atoms in total. The molecule has 0 aliphatic heterocycles. The van der Waals surface area contributed by atoms with Gasteiger partial charge >= 0.3 is 0 Å². The van der Waals surface area contributed by atoms with Crippen molar-refractivity contribution in [1.82, 2.24) is 10.3 Å². The Bertz CT molecular complexity index is 400. The first kappa shape index (κ1) is 14.3. The lowest BCUT2D eigenvalue weighted by molar-refractivity contribution is -0.119. The number of halogens is 2. The molecule has 0 fully saturated rings. The lowest BCUT2D eigenvalue weighted by Crippen LogP contribution is -2.37. The molecule has 1 N–H and O–H groups in total. The van der Waals surface area contributed by atoms with E-state index in [4.69, 9.17) is 11.6 Å². The van der Waals surface area contributed by atoms with Gasteiger partial charge < -0.3 is 10.2 Å². The monoisotopic (exact) mass is 319 g/mol. The maximum absolute atomic E-state index is 11.5. The predicted octanol–water partition coefficient (Wildman–Crippen LogP) is 2.46. The largest absolute Gasteiger partial charge is 0.355 e. The van der Waals surface area contributed by atoms with Crippen molar-refractivity contribution in [2.75, 3.05) is 24.5 Å². The van der Waals surface area contributed by atoms with E-state index in [2.05, 4.69) is 26.2 Å². The van der Waals surface area contributed by atoms with Gasteiger partial charge in [0.25, 0.3) is 0 Å². The zero-order chi connectivity index (χ0) is 12.8. The fraction of sp³-hybridized carbons (Fsp3) is 0.455. The Hall–Kier alpha value is -0.810. The van der Waals surface area contributed by atoms with Crippen LogP contribution >= 0.6 is 27.5 Å². The third-order valence-electron chi connectivity index (χ3n) is 2.18. The number of carbonyl (C=O) groups excluding carboxylic acids is 1. The Balaban J connectivity index is 2.82. The van der Waals surface area contributed by atoms with E-state index in [1.54, 1.807) is 12.3 Å². The van der Waals surface area contributed by atoms with Gasteiger partial charge in [-0.1, -0.05) is 11.6 Å². The van der Waals surface area contributed by atoms with Crippen molar-refractivity contribution in [1.29, 1.82) is 0 Å². The second-order valence-electron chi connectivity index (χ2n) is 3.43. The van der Waals surface area contributed by atoms with Crippen molar-refractivity contribution in [2.45, 2.75) is 13.8 Å². The average molecular weight is 321 g/mol. The second-order valence-corrected chi connectivity index (χ2v) is 4.72. The second kappa shape index (κ2) is 6.81. The first-order valence-corrected chi connectivity index (χ1v) is 6.58. The molecule has 0 atom stereocenters. The van der Waals surface area contributed by atoms with Gasteiger partial charge in [0.1, 0.15) is 5.82 Å². The molecule has 17 heavy (non-hydrogen) atoms. The molecule has 6 heteroatoms. The van der Waals surface area contributed by atoms with Crippen LogP contribution < -0.4 is 10.2 Å². The minimum Gasteiger partial charge on any atom is -0.355 e. The number of aromatic nitrogens is 1. The minimum atomic E-state index is -0.0157. The van der Waals surface area contributed by atoms with Crippen LogP contribution in [0.3, 0.4) is 0 Å². The van der Waals surface area contributed by atoms with Crippen LogP contribution in [0.2, 0.25) is 5.02 Å². The van der Waals surface area contributed by atoms with Crippen molar-refractivity contribution >= 4 is 39.3 Å². The van der Waals surface area contributed by atoms with Crippen LogP contribution in [-0.2, 0) is 4.79 Å². The van der Waals surface area contributed by atoms with Crippen LogP contribution in [0.5, 0.6) is 0 Å². The van der Waals surface area contributed by atoms with Crippen molar-refractivity contribution in [3.63, 3.8) is 0 Å². The molecule has 0 aliphatic rings. The summed E-state index contributed by atoms with van der Waals surface area (Å²) in [6.45, 7) is 5.49. The summed E-state index contributed by atoms with van der Waals surface area (Å²) < 4.78 is 0.788. The number of amides is 1. The smallest absolute Gasteiger partial charge is 0.239 e. The molecule has 1 amide bonds. The van der Waals surface area contributed by atoms with Crippen molar-refractivity contribution < 1.29 is 4.79 Å². The van der Waals surface area contributed by atoms with E-state index in [0.717, 1.165) is 10.3 Å². The molecule has 0 aromatic carbocycles. The Morgan fingerprint density at radius 3 is 2.82 bits per heavy atom. The quantitative estimate of drug-likeness (QED) is 0.906. The lowest BCUT2D eigenvalue weighted by Gasteiger charge is -2.22. The molecular formula is C11H15BrClN3O. The van der Waals surface area contributed by atoms with Crippen LogP contribution in [0, 0.1) is 0 Å².